The third-order valence-electron chi connectivity index (χ3n) is 4.94. The number of piperidine rings is 1. The quantitative estimate of drug-likeness (QED) is 0.757. The van der Waals surface area contributed by atoms with Gasteiger partial charge in [-0.15, -0.1) is 0 Å². The molecule has 4 heteroatoms. The van der Waals surface area contributed by atoms with Crippen molar-refractivity contribution >= 4 is 11.8 Å². The van der Waals surface area contributed by atoms with Crippen molar-refractivity contribution in [3.05, 3.63) is 47.7 Å². The molecular weight excluding hydrogens is 308 g/mol. The first-order valence-electron chi connectivity index (χ1n) is 9.63. The van der Waals surface area contributed by atoms with Crippen LogP contribution < -0.4 is 10.2 Å². The van der Waals surface area contributed by atoms with Crippen molar-refractivity contribution in [1.29, 1.82) is 0 Å². The molecule has 1 saturated heterocycles. The zero-order valence-electron chi connectivity index (χ0n) is 15.5. The number of hydrogen-bond donors (Lipinski definition) is 1. The summed E-state index contributed by atoms with van der Waals surface area (Å²) in [5.74, 6) is 2.62. The van der Waals surface area contributed by atoms with Gasteiger partial charge >= 0.3 is 0 Å². The molecule has 0 aliphatic carbocycles. The van der Waals surface area contributed by atoms with Crippen LogP contribution in [0.4, 0.5) is 11.8 Å². The Kier molecular flexibility index (Phi) is 6.26. The van der Waals surface area contributed by atoms with Crippen LogP contribution in [0.15, 0.2) is 36.4 Å². The van der Waals surface area contributed by atoms with Crippen molar-refractivity contribution in [3.63, 3.8) is 0 Å². The van der Waals surface area contributed by atoms with Gasteiger partial charge in [-0.25, -0.2) is 4.98 Å². The third kappa shape index (κ3) is 5.18. The number of anilines is 2. The predicted molar refractivity (Wildman–Crippen MR) is 105 cm³/mol. The molecule has 1 aliphatic heterocycles. The highest BCUT2D eigenvalue weighted by molar-refractivity contribution is 5.43. The first-order valence-corrected chi connectivity index (χ1v) is 9.63. The lowest BCUT2D eigenvalue weighted by molar-refractivity contribution is 0.400. The molecule has 0 atom stereocenters. The number of rotatable bonds is 7. The second kappa shape index (κ2) is 8.84. The van der Waals surface area contributed by atoms with Gasteiger partial charge in [0.15, 0.2) is 0 Å². The number of aryl methyl sites for hydroxylation is 1. The molecule has 1 fully saturated rings. The fourth-order valence-electron chi connectivity index (χ4n) is 3.46. The average molecular weight is 338 g/mol. The van der Waals surface area contributed by atoms with E-state index in [4.69, 9.17) is 4.98 Å². The number of hydrogen-bond acceptors (Lipinski definition) is 4. The third-order valence-corrected chi connectivity index (χ3v) is 4.94. The van der Waals surface area contributed by atoms with Gasteiger partial charge in [-0.3, -0.25) is 0 Å². The van der Waals surface area contributed by atoms with Gasteiger partial charge < -0.3 is 10.2 Å². The van der Waals surface area contributed by atoms with Crippen LogP contribution in [0.3, 0.4) is 0 Å². The summed E-state index contributed by atoms with van der Waals surface area (Å²) in [6, 6.07) is 12.9. The Morgan fingerprint density at radius 1 is 1.12 bits per heavy atom. The molecule has 1 aliphatic rings. The summed E-state index contributed by atoms with van der Waals surface area (Å²) >= 11 is 0. The van der Waals surface area contributed by atoms with E-state index in [9.17, 15) is 0 Å². The van der Waals surface area contributed by atoms with Gasteiger partial charge in [0, 0.05) is 31.4 Å². The van der Waals surface area contributed by atoms with E-state index >= 15 is 0 Å². The van der Waals surface area contributed by atoms with Crippen molar-refractivity contribution in [1.82, 2.24) is 9.97 Å². The molecule has 0 radical (unpaired) electrons. The lowest BCUT2D eigenvalue weighted by atomic mass is 9.90. The summed E-state index contributed by atoms with van der Waals surface area (Å²) in [5.41, 5.74) is 2.49. The molecule has 2 heterocycles. The van der Waals surface area contributed by atoms with E-state index in [0.29, 0.717) is 0 Å². The summed E-state index contributed by atoms with van der Waals surface area (Å²) in [6.45, 7) is 7.34. The smallest absolute Gasteiger partial charge is 0.227 e. The van der Waals surface area contributed by atoms with Crippen LogP contribution in [0.5, 0.6) is 0 Å². The fourth-order valence-corrected chi connectivity index (χ4v) is 3.46. The molecule has 1 aromatic heterocycles. The Labute approximate surface area is 151 Å². The van der Waals surface area contributed by atoms with E-state index in [1.165, 1.54) is 37.7 Å². The van der Waals surface area contributed by atoms with Crippen LogP contribution in [-0.4, -0.2) is 29.6 Å². The maximum Gasteiger partial charge on any atom is 0.227 e. The topological polar surface area (TPSA) is 41.1 Å². The summed E-state index contributed by atoms with van der Waals surface area (Å²) < 4.78 is 0. The Morgan fingerprint density at radius 2 is 1.88 bits per heavy atom. The van der Waals surface area contributed by atoms with Crippen LogP contribution in [0.25, 0.3) is 0 Å². The predicted octanol–water partition coefficient (Wildman–Crippen LogP) is 4.46. The van der Waals surface area contributed by atoms with E-state index in [0.717, 1.165) is 43.0 Å². The van der Waals surface area contributed by atoms with Crippen LogP contribution in [0.2, 0.25) is 0 Å². The van der Waals surface area contributed by atoms with Crippen molar-refractivity contribution < 1.29 is 0 Å². The van der Waals surface area contributed by atoms with Crippen LogP contribution in [0, 0.1) is 12.8 Å². The van der Waals surface area contributed by atoms with Crippen LogP contribution in [-0.2, 0) is 6.42 Å². The molecular formula is C21H30N4. The molecule has 134 valence electrons. The maximum absolute atomic E-state index is 4.74. The second-order valence-electron chi connectivity index (χ2n) is 7.10. The first kappa shape index (κ1) is 17.7. The summed E-state index contributed by atoms with van der Waals surface area (Å²) in [5, 5.41) is 3.43. The highest BCUT2D eigenvalue weighted by atomic mass is 15.3. The minimum Gasteiger partial charge on any atom is -0.370 e. The van der Waals surface area contributed by atoms with Crippen LogP contribution in [0.1, 0.15) is 43.9 Å². The molecule has 1 aromatic carbocycles. The Balaban J connectivity index is 1.57. The number of benzene rings is 1. The Bertz CT molecular complexity index is 648. The molecule has 25 heavy (non-hydrogen) atoms. The van der Waals surface area contributed by atoms with Gasteiger partial charge in [0.2, 0.25) is 5.95 Å². The molecule has 0 spiro atoms. The highest BCUT2D eigenvalue weighted by Crippen LogP contribution is 2.24. The molecule has 3 rings (SSSR count). The van der Waals surface area contributed by atoms with Gasteiger partial charge in [0.1, 0.15) is 5.82 Å². The number of nitrogens with one attached hydrogen (secondary N) is 1. The average Bonchev–Trinajstić information content (AvgIpc) is 2.63. The van der Waals surface area contributed by atoms with Crippen molar-refractivity contribution in [2.45, 2.75) is 46.0 Å². The normalized spacial score (nSPS) is 15.4. The van der Waals surface area contributed by atoms with Crippen molar-refractivity contribution in [2.24, 2.45) is 5.92 Å². The molecule has 4 nitrogen and oxygen atoms in total. The van der Waals surface area contributed by atoms with Gasteiger partial charge in [-0.2, -0.15) is 4.98 Å². The van der Waals surface area contributed by atoms with Crippen molar-refractivity contribution in [2.75, 3.05) is 29.9 Å². The monoisotopic (exact) mass is 338 g/mol. The van der Waals surface area contributed by atoms with Gasteiger partial charge in [-0.1, -0.05) is 43.7 Å². The maximum atomic E-state index is 4.74. The number of unbranched alkanes of at least 4 members (excludes halogenated alkanes) is 1. The molecule has 1 N–H and O–H groups in total. The standard InChI is InChI=1S/C21H30N4/c1-3-4-12-22-20-15-17(2)23-21(24-20)25-13-10-19(11-14-25)16-18-8-6-5-7-9-18/h5-9,15,19H,3-4,10-14,16H2,1-2H3,(H,22,23,24). The fraction of sp³-hybridized carbons (Fsp3) is 0.524. The van der Waals surface area contributed by atoms with Crippen molar-refractivity contribution in [3.8, 4) is 0 Å². The number of aromatic nitrogens is 2. The van der Waals surface area contributed by atoms with Gasteiger partial charge in [0.05, 0.1) is 0 Å². The van der Waals surface area contributed by atoms with E-state index in [2.05, 4.69) is 59.4 Å². The first-order chi connectivity index (χ1) is 12.2. The largest absolute Gasteiger partial charge is 0.370 e. The lowest BCUT2D eigenvalue weighted by Crippen LogP contribution is -2.35. The summed E-state index contributed by atoms with van der Waals surface area (Å²) in [6.07, 6.45) is 5.98. The highest BCUT2D eigenvalue weighted by Gasteiger charge is 2.21. The minimum absolute atomic E-state index is 0.769. The lowest BCUT2D eigenvalue weighted by Gasteiger charge is -2.32. The Hall–Kier alpha value is -2.10. The SMILES string of the molecule is CCCCNc1cc(C)nc(N2CCC(Cc3ccccc3)CC2)n1. The summed E-state index contributed by atoms with van der Waals surface area (Å²) in [4.78, 5) is 11.8. The van der Waals surface area contributed by atoms with E-state index in [-0.39, 0.29) is 0 Å². The van der Waals surface area contributed by atoms with E-state index in [1.54, 1.807) is 0 Å². The van der Waals surface area contributed by atoms with Gasteiger partial charge in [0.25, 0.3) is 0 Å². The zero-order chi connectivity index (χ0) is 17.5. The zero-order valence-corrected chi connectivity index (χ0v) is 15.5. The van der Waals surface area contributed by atoms with E-state index < -0.39 is 0 Å². The minimum atomic E-state index is 0.769. The molecule has 0 bridgehead atoms. The molecule has 0 amide bonds. The molecule has 2 aromatic rings. The molecule has 0 saturated carbocycles. The number of nitrogens with zero attached hydrogens (tertiary/aromatic N) is 3. The van der Waals surface area contributed by atoms with Gasteiger partial charge in [-0.05, 0) is 44.1 Å². The van der Waals surface area contributed by atoms with E-state index in [1.807, 2.05) is 6.07 Å². The Morgan fingerprint density at radius 3 is 2.60 bits per heavy atom. The van der Waals surface area contributed by atoms with Crippen LogP contribution >= 0.6 is 0 Å². The summed E-state index contributed by atoms with van der Waals surface area (Å²) in [7, 11) is 0. The second-order valence-corrected chi connectivity index (χ2v) is 7.10. The molecule has 0 unspecified atom stereocenters.